The van der Waals surface area contributed by atoms with Crippen LogP contribution in [0.4, 0.5) is 4.79 Å². The van der Waals surface area contributed by atoms with Crippen LogP contribution in [-0.2, 0) is 4.84 Å². The number of nitrogens with two attached hydrogens (primary N) is 1. The van der Waals surface area contributed by atoms with Gasteiger partial charge in [0.05, 0.1) is 10.7 Å². The first-order valence-corrected chi connectivity index (χ1v) is 4.73. The van der Waals surface area contributed by atoms with Crippen molar-refractivity contribution >= 4 is 27.8 Å². The molecule has 0 fully saturated rings. The molecule has 0 aromatic carbocycles. The molecular formula is C7H10BrN5O2. The van der Waals surface area contributed by atoms with Crippen LogP contribution in [0, 0.1) is 0 Å². The SMILES string of the molecule is CNC(=O)n1cc(Br)c(C(N)=NOC)n1. The van der Waals surface area contributed by atoms with Gasteiger partial charge in [0.1, 0.15) is 12.8 Å². The summed E-state index contributed by atoms with van der Waals surface area (Å²) < 4.78 is 1.67. The number of amidine groups is 1. The molecule has 0 saturated carbocycles. The van der Waals surface area contributed by atoms with Crippen LogP contribution in [0.25, 0.3) is 0 Å². The molecule has 0 radical (unpaired) electrons. The summed E-state index contributed by atoms with van der Waals surface area (Å²) in [5.74, 6) is 0.0898. The van der Waals surface area contributed by atoms with Crippen LogP contribution in [0.2, 0.25) is 0 Å². The maximum atomic E-state index is 11.2. The zero-order valence-corrected chi connectivity index (χ0v) is 9.78. The Hall–Kier alpha value is -1.57. The van der Waals surface area contributed by atoms with E-state index in [1.807, 2.05) is 0 Å². The molecule has 1 amide bonds. The molecule has 1 aromatic heterocycles. The minimum atomic E-state index is -0.368. The normalized spacial score (nSPS) is 11.3. The van der Waals surface area contributed by atoms with Crippen molar-refractivity contribution in [2.75, 3.05) is 14.2 Å². The number of rotatable bonds is 2. The van der Waals surface area contributed by atoms with Gasteiger partial charge in [-0.2, -0.15) is 9.78 Å². The van der Waals surface area contributed by atoms with Crippen LogP contribution in [0.15, 0.2) is 15.8 Å². The summed E-state index contributed by atoms with van der Waals surface area (Å²) in [6.45, 7) is 0. The average molecular weight is 276 g/mol. The van der Waals surface area contributed by atoms with E-state index in [2.05, 4.69) is 36.3 Å². The topological polar surface area (TPSA) is 94.5 Å². The predicted molar refractivity (Wildman–Crippen MR) is 57.5 cm³/mol. The van der Waals surface area contributed by atoms with Crippen molar-refractivity contribution in [3.63, 3.8) is 0 Å². The van der Waals surface area contributed by atoms with Crippen molar-refractivity contribution in [3.8, 4) is 0 Å². The smallest absolute Gasteiger partial charge is 0.341 e. The largest absolute Gasteiger partial charge is 0.397 e. The standard InChI is InChI=1S/C7H10BrN5O2/c1-10-7(14)13-3-4(8)5(11-13)6(9)12-15-2/h3H,1-2H3,(H2,9,12)(H,10,14). The number of hydrogen-bond donors (Lipinski definition) is 2. The van der Waals surface area contributed by atoms with E-state index in [0.29, 0.717) is 10.2 Å². The summed E-state index contributed by atoms with van der Waals surface area (Å²) in [6.07, 6.45) is 1.48. The fourth-order valence-electron chi connectivity index (χ4n) is 0.887. The summed E-state index contributed by atoms with van der Waals surface area (Å²) in [5.41, 5.74) is 5.90. The van der Waals surface area contributed by atoms with Crippen LogP contribution in [-0.4, -0.2) is 35.8 Å². The number of carbonyl (C=O) groups excluding carboxylic acids is 1. The molecule has 7 nitrogen and oxygen atoms in total. The molecule has 0 atom stereocenters. The molecule has 3 N–H and O–H groups in total. The lowest BCUT2D eigenvalue weighted by Crippen LogP contribution is -2.25. The Bertz CT molecular complexity index is 400. The molecule has 1 aromatic rings. The molecule has 8 heteroatoms. The zero-order chi connectivity index (χ0) is 11.4. The van der Waals surface area contributed by atoms with Crippen molar-refractivity contribution in [3.05, 3.63) is 16.4 Å². The van der Waals surface area contributed by atoms with Crippen molar-refractivity contribution in [2.24, 2.45) is 10.9 Å². The van der Waals surface area contributed by atoms with Gasteiger partial charge in [-0.15, -0.1) is 0 Å². The second kappa shape index (κ2) is 4.78. The maximum Gasteiger partial charge on any atom is 0.341 e. The number of nitrogens with one attached hydrogen (secondary N) is 1. The maximum absolute atomic E-state index is 11.2. The second-order valence-electron chi connectivity index (χ2n) is 2.48. The van der Waals surface area contributed by atoms with E-state index in [0.717, 1.165) is 4.68 Å². The highest BCUT2D eigenvalue weighted by Crippen LogP contribution is 2.14. The third-order valence-corrected chi connectivity index (χ3v) is 2.10. The number of carbonyl (C=O) groups is 1. The van der Waals surface area contributed by atoms with Crippen LogP contribution < -0.4 is 11.1 Å². The Labute approximate surface area is 94.4 Å². The molecule has 15 heavy (non-hydrogen) atoms. The van der Waals surface area contributed by atoms with Gasteiger partial charge in [0, 0.05) is 7.05 Å². The Morgan fingerprint density at radius 1 is 1.80 bits per heavy atom. The first kappa shape index (κ1) is 11.5. The lowest BCUT2D eigenvalue weighted by Gasteiger charge is -1.97. The Morgan fingerprint density at radius 2 is 2.47 bits per heavy atom. The molecule has 1 rings (SSSR count). The molecule has 1 heterocycles. The Morgan fingerprint density at radius 3 is 3.00 bits per heavy atom. The summed E-state index contributed by atoms with van der Waals surface area (Å²) in [6, 6.07) is -0.368. The second-order valence-corrected chi connectivity index (χ2v) is 3.34. The minimum Gasteiger partial charge on any atom is -0.397 e. The molecular weight excluding hydrogens is 266 g/mol. The first-order valence-electron chi connectivity index (χ1n) is 3.94. The van der Waals surface area contributed by atoms with Gasteiger partial charge in [0.25, 0.3) is 0 Å². The highest BCUT2D eigenvalue weighted by atomic mass is 79.9. The van der Waals surface area contributed by atoms with E-state index in [4.69, 9.17) is 5.73 Å². The highest BCUT2D eigenvalue weighted by Gasteiger charge is 2.13. The molecule has 0 saturated heterocycles. The highest BCUT2D eigenvalue weighted by molar-refractivity contribution is 9.10. The third-order valence-electron chi connectivity index (χ3n) is 1.52. The van der Waals surface area contributed by atoms with E-state index in [9.17, 15) is 4.79 Å². The van der Waals surface area contributed by atoms with Crippen molar-refractivity contribution in [1.29, 1.82) is 0 Å². The van der Waals surface area contributed by atoms with Crippen molar-refractivity contribution in [1.82, 2.24) is 15.1 Å². The van der Waals surface area contributed by atoms with Gasteiger partial charge in [0.15, 0.2) is 5.84 Å². The van der Waals surface area contributed by atoms with Gasteiger partial charge in [-0.1, -0.05) is 5.16 Å². The lowest BCUT2D eigenvalue weighted by atomic mass is 10.4. The summed E-state index contributed by atoms with van der Waals surface area (Å²) >= 11 is 3.21. The van der Waals surface area contributed by atoms with Gasteiger partial charge in [-0.05, 0) is 15.9 Å². The molecule has 82 valence electrons. The monoisotopic (exact) mass is 275 g/mol. The van der Waals surface area contributed by atoms with Gasteiger partial charge >= 0.3 is 6.03 Å². The number of halogens is 1. The molecule has 0 bridgehead atoms. The van der Waals surface area contributed by atoms with Gasteiger partial charge in [-0.25, -0.2) is 4.79 Å². The van der Waals surface area contributed by atoms with E-state index in [-0.39, 0.29) is 11.9 Å². The predicted octanol–water partition coefficient (Wildman–Crippen LogP) is 0.0998. The van der Waals surface area contributed by atoms with Crippen LogP contribution >= 0.6 is 15.9 Å². The Kier molecular flexibility index (Phi) is 3.67. The van der Waals surface area contributed by atoms with E-state index < -0.39 is 0 Å². The van der Waals surface area contributed by atoms with Gasteiger partial charge in [-0.3, -0.25) is 0 Å². The van der Waals surface area contributed by atoms with E-state index in [1.54, 1.807) is 0 Å². The number of aromatic nitrogens is 2. The van der Waals surface area contributed by atoms with Crippen molar-refractivity contribution in [2.45, 2.75) is 0 Å². The minimum absolute atomic E-state index is 0.0898. The van der Waals surface area contributed by atoms with Crippen LogP contribution in [0.1, 0.15) is 5.69 Å². The number of hydrogen-bond acceptors (Lipinski definition) is 4. The fraction of sp³-hybridized carbons (Fsp3) is 0.286. The Balaban J connectivity index is 3.06. The van der Waals surface area contributed by atoms with Gasteiger partial charge in [0.2, 0.25) is 0 Å². The molecule has 0 spiro atoms. The summed E-state index contributed by atoms with van der Waals surface area (Å²) in [7, 11) is 2.88. The number of nitrogens with zero attached hydrogens (tertiary/aromatic N) is 3. The summed E-state index contributed by atoms with van der Waals surface area (Å²) in [4.78, 5) is 15.7. The quantitative estimate of drug-likeness (QED) is 0.455. The van der Waals surface area contributed by atoms with E-state index >= 15 is 0 Å². The lowest BCUT2D eigenvalue weighted by molar-refractivity contribution is 0.213. The zero-order valence-electron chi connectivity index (χ0n) is 8.19. The number of amides is 1. The van der Waals surface area contributed by atoms with E-state index in [1.165, 1.54) is 20.4 Å². The third kappa shape index (κ3) is 2.46. The average Bonchev–Trinajstić information content (AvgIpc) is 2.59. The van der Waals surface area contributed by atoms with Gasteiger partial charge < -0.3 is 15.9 Å². The molecule has 0 aliphatic rings. The summed E-state index contributed by atoms with van der Waals surface area (Å²) in [5, 5.41) is 9.85. The molecule has 0 aliphatic heterocycles. The molecule has 0 unspecified atom stereocenters. The fourth-order valence-corrected chi connectivity index (χ4v) is 1.36. The van der Waals surface area contributed by atoms with Crippen LogP contribution in [0.5, 0.6) is 0 Å². The van der Waals surface area contributed by atoms with Crippen LogP contribution in [0.3, 0.4) is 0 Å². The van der Waals surface area contributed by atoms with Crippen molar-refractivity contribution < 1.29 is 9.63 Å². The number of oxime groups is 1. The molecule has 0 aliphatic carbocycles. The first-order chi connectivity index (χ1) is 7.10.